The van der Waals surface area contributed by atoms with Gasteiger partial charge in [0.25, 0.3) is 0 Å². The van der Waals surface area contributed by atoms with Crippen LogP contribution in [0.3, 0.4) is 0 Å². The van der Waals surface area contributed by atoms with Crippen molar-refractivity contribution in [2.45, 2.75) is 37.1 Å². The van der Waals surface area contributed by atoms with Crippen LogP contribution in [0.1, 0.15) is 42.0 Å². The minimum absolute atomic E-state index is 0.206. The Morgan fingerprint density at radius 3 is 2.64 bits per heavy atom. The predicted octanol–water partition coefficient (Wildman–Crippen LogP) is 3.99. The van der Waals surface area contributed by atoms with Gasteiger partial charge >= 0.3 is 0 Å². The zero-order valence-electron chi connectivity index (χ0n) is 12.3. The highest BCUT2D eigenvalue weighted by atomic mass is 19.1. The zero-order valence-corrected chi connectivity index (χ0v) is 12.3. The molecular formula is C19H17FN2. The summed E-state index contributed by atoms with van der Waals surface area (Å²) < 4.78 is 14.1. The topological polar surface area (TPSA) is 49.8 Å². The molecule has 0 radical (unpaired) electrons. The van der Waals surface area contributed by atoms with Crippen LogP contribution in [0.2, 0.25) is 0 Å². The first-order valence-corrected chi connectivity index (χ1v) is 7.74. The predicted molar refractivity (Wildman–Crippen MR) is 83.6 cm³/mol. The molecule has 2 aromatic rings. The quantitative estimate of drug-likeness (QED) is 0.909. The van der Waals surface area contributed by atoms with E-state index in [1.807, 2.05) is 30.3 Å². The van der Waals surface area contributed by atoms with Crippen molar-refractivity contribution in [3.63, 3.8) is 0 Å². The Kier molecular flexibility index (Phi) is 2.85. The lowest BCUT2D eigenvalue weighted by atomic mass is 9.86. The van der Waals surface area contributed by atoms with Gasteiger partial charge in [-0.3, -0.25) is 0 Å². The van der Waals surface area contributed by atoms with E-state index in [9.17, 15) is 9.65 Å². The maximum Gasteiger partial charge on any atom is 0.128 e. The molecule has 0 amide bonds. The van der Waals surface area contributed by atoms with Gasteiger partial charge in [-0.2, -0.15) is 5.26 Å². The number of fused-ring (bicyclic) bond motifs is 1. The largest absolute Gasteiger partial charge is 0.324 e. The molecule has 2 aliphatic rings. The average Bonchev–Trinajstić information content (AvgIpc) is 3.25. The number of nitriles is 1. The summed E-state index contributed by atoms with van der Waals surface area (Å²) in [6.07, 6.45) is 3.40. The molecule has 0 aromatic heterocycles. The van der Waals surface area contributed by atoms with Crippen molar-refractivity contribution < 1.29 is 4.39 Å². The van der Waals surface area contributed by atoms with Gasteiger partial charge in [0.15, 0.2) is 0 Å². The Morgan fingerprint density at radius 1 is 1.14 bits per heavy atom. The van der Waals surface area contributed by atoms with E-state index in [2.05, 4.69) is 6.07 Å². The molecule has 2 N–H and O–H groups in total. The van der Waals surface area contributed by atoms with Gasteiger partial charge in [0.1, 0.15) is 5.82 Å². The van der Waals surface area contributed by atoms with Crippen LogP contribution in [-0.2, 0) is 11.8 Å². The van der Waals surface area contributed by atoms with Gasteiger partial charge in [0.2, 0.25) is 0 Å². The van der Waals surface area contributed by atoms with Gasteiger partial charge in [-0.25, -0.2) is 4.39 Å². The van der Waals surface area contributed by atoms with Crippen LogP contribution in [0.25, 0.3) is 11.1 Å². The summed E-state index contributed by atoms with van der Waals surface area (Å²) in [5, 5.41) is 9.53. The first kappa shape index (κ1) is 13.5. The van der Waals surface area contributed by atoms with Crippen molar-refractivity contribution in [2.75, 3.05) is 0 Å². The van der Waals surface area contributed by atoms with E-state index < -0.39 is 0 Å². The Morgan fingerprint density at radius 2 is 1.91 bits per heavy atom. The van der Waals surface area contributed by atoms with Gasteiger partial charge in [-0.15, -0.1) is 0 Å². The lowest BCUT2D eigenvalue weighted by Crippen LogP contribution is -2.08. The summed E-state index contributed by atoms with van der Waals surface area (Å²) in [6.45, 7) is 0. The second-order valence-electron chi connectivity index (χ2n) is 6.37. The van der Waals surface area contributed by atoms with Crippen LogP contribution >= 0.6 is 0 Å². The number of rotatable bonds is 2. The molecule has 22 heavy (non-hydrogen) atoms. The highest BCUT2D eigenvalue weighted by molar-refractivity contribution is 5.75. The molecular weight excluding hydrogens is 275 g/mol. The molecule has 110 valence electrons. The molecule has 2 aromatic carbocycles. The molecule has 3 heteroatoms. The van der Waals surface area contributed by atoms with E-state index in [0.29, 0.717) is 5.56 Å². The van der Waals surface area contributed by atoms with Crippen molar-refractivity contribution in [3.05, 3.63) is 58.9 Å². The summed E-state index contributed by atoms with van der Waals surface area (Å²) in [4.78, 5) is 0. The SMILES string of the molecule is N#CC1(c2ccccc2-c2ccc(F)c3c2CC[C@H]3N)CC1. The summed E-state index contributed by atoms with van der Waals surface area (Å²) in [7, 11) is 0. The average molecular weight is 292 g/mol. The third kappa shape index (κ3) is 1.81. The van der Waals surface area contributed by atoms with Gasteiger partial charge in [-0.1, -0.05) is 30.3 Å². The smallest absolute Gasteiger partial charge is 0.128 e. The number of nitrogens with zero attached hydrogens (tertiary/aromatic N) is 1. The zero-order chi connectivity index (χ0) is 15.3. The highest BCUT2D eigenvalue weighted by Crippen LogP contribution is 2.51. The van der Waals surface area contributed by atoms with E-state index in [4.69, 9.17) is 5.73 Å². The molecule has 4 rings (SSSR count). The van der Waals surface area contributed by atoms with Crippen LogP contribution in [0, 0.1) is 17.1 Å². The van der Waals surface area contributed by atoms with E-state index in [1.165, 1.54) is 6.07 Å². The number of hydrogen-bond acceptors (Lipinski definition) is 2. The standard InChI is InChI=1S/C19H17FN2/c20-16-7-5-12(14-6-8-17(22)18(14)16)13-3-1-2-4-15(13)19(11-21)9-10-19/h1-5,7,17H,6,8-10,22H2/t17-/m1/s1. The lowest BCUT2D eigenvalue weighted by molar-refractivity contribution is 0.589. The Hall–Kier alpha value is -2.18. The lowest BCUT2D eigenvalue weighted by Gasteiger charge is -2.17. The fourth-order valence-corrected chi connectivity index (χ4v) is 3.70. The van der Waals surface area contributed by atoms with Crippen LogP contribution in [0.4, 0.5) is 4.39 Å². The van der Waals surface area contributed by atoms with Gasteiger partial charge < -0.3 is 5.73 Å². The fourth-order valence-electron chi connectivity index (χ4n) is 3.70. The monoisotopic (exact) mass is 292 g/mol. The molecule has 0 unspecified atom stereocenters. The van der Waals surface area contributed by atoms with Crippen molar-refractivity contribution in [3.8, 4) is 17.2 Å². The molecule has 2 nitrogen and oxygen atoms in total. The molecule has 0 heterocycles. The van der Waals surface area contributed by atoms with Crippen molar-refractivity contribution in [2.24, 2.45) is 5.73 Å². The summed E-state index contributed by atoms with van der Waals surface area (Å²) in [6, 6.07) is 13.7. The maximum absolute atomic E-state index is 14.1. The van der Waals surface area contributed by atoms with Crippen molar-refractivity contribution in [1.29, 1.82) is 5.26 Å². The second-order valence-corrected chi connectivity index (χ2v) is 6.37. The van der Waals surface area contributed by atoms with Crippen LogP contribution in [-0.4, -0.2) is 0 Å². The summed E-state index contributed by atoms with van der Waals surface area (Å²) in [5.41, 5.74) is 10.6. The van der Waals surface area contributed by atoms with E-state index in [-0.39, 0.29) is 17.3 Å². The van der Waals surface area contributed by atoms with E-state index in [0.717, 1.165) is 47.9 Å². The number of benzene rings is 2. The molecule has 1 saturated carbocycles. The maximum atomic E-state index is 14.1. The number of nitrogens with two attached hydrogens (primary N) is 1. The van der Waals surface area contributed by atoms with Crippen molar-refractivity contribution in [1.82, 2.24) is 0 Å². The van der Waals surface area contributed by atoms with E-state index in [1.54, 1.807) is 0 Å². The molecule has 0 spiro atoms. The molecule has 1 atom stereocenters. The van der Waals surface area contributed by atoms with Crippen molar-refractivity contribution >= 4 is 0 Å². The summed E-state index contributed by atoms with van der Waals surface area (Å²) in [5.74, 6) is -0.206. The first-order chi connectivity index (χ1) is 10.7. The Balaban J connectivity index is 1.94. The highest BCUT2D eigenvalue weighted by Gasteiger charge is 2.46. The minimum atomic E-state index is -0.349. The Bertz CT molecular complexity index is 800. The fraction of sp³-hybridized carbons (Fsp3) is 0.316. The van der Waals surface area contributed by atoms with E-state index >= 15 is 0 Å². The molecule has 0 aliphatic heterocycles. The van der Waals surface area contributed by atoms with Gasteiger partial charge in [0, 0.05) is 11.6 Å². The molecule has 0 saturated heterocycles. The molecule has 1 fully saturated rings. The summed E-state index contributed by atoms with van der Waals surface area (Å²) >= 11 is 0. The normalized spacial score (nSPS) is 21.2. The third-order valence-electron chi connectivity index (χ3n) is 5.08. The van der Waals surface area contributed by atoms with Crippen LogP contribution < -0.4 is 5.73 Å². The first-order valence-electron chi connectivity index (χ1n) is 7.74. The minimum Gasteiger partial charge on any atom is -0.324 e. The number of hydrogen-bond donors (Lipinski definition) is 1. The second kappa shape index (κ2) is 4.66. The molecule has 0 bridgehead atoms. The molecule has 2 aliphatic carbocycles. The van der Waals surface area contributed by atoms with Gasteiger partial charge in [0.05, 0.1) is 11.5 Å². The van der Waals surface area contributed by atoms with Crippen LogP contribution in [0.5, 0.6) is 0 Å². The third-order valence-corrected chi connectivity index (χ3v) is 5.08. The van der Waals surface area contributed by atoms with Crippen LogP contribution in [0.15, 0.2) is 36.4 Å². The van der Waals surface area contributed by atoms with Gasteiger partial charge in [-0.05, 0) is 54.0 Å². The Labute approximate surface area is 129 Å². The number of halogens is 1.